The van der Waals surface area contributed by atoms with Gasteiger partial charge in [-0.15, -0.1) is 0 Å². The first-order chi connectivity index (χ1) is 19.1. The molecule has 2 saturated heterocycles. The first kappa shape index (κ1) is 28.6. The van der Waals surface area contributed by atoms with E-state index in [4.69, 9.17) is 9.47 Å². The largest absolute Gasteiger partial charge is 0.465 e. The van der Waals surface area contributed by atoms with Crippen LogP contribution < -0.4 is 4.90 Å². The average Bonchev–Trinajstić information content (AvgIpc) is 3.23. The number of para-hydroxylation sites is 1. The van der Waals surface area contributed by atoms with Crippen LogP contribution in [0.3, 0.4) is 0 Å². The molecule has 4 aliphatic rings. The highest BCUT2D eigenvalue weighted by Crippen LogP contribution is 2.58. The number of cyclic esters (lactones) is 1. The summed E-state index contributed by atoms with van der Waals surface area (Å²) in [6.45, 7) is 10.1. The number of hydrogen-bond donors (Lipinski definition) is 1. The zero-order valence-corrected chi connectivity index (χ0v) is 24.3. The van der Waals surface area contributed by atoms with Crippen molar-refractivity contribution in [2.45, 2.75) is 83.6 Å². The maximum atomic E-state index is 14.8. The van der Waals surface area contributed by atoms with Gasteiger partial charge in [0.25, 0.3) is 5.91 Å². The molecule has 1 aromatic carbocycles. The van der Waals surface area contributed by atoms with Gasteiger partial charge in [-0.1, -0.05) is 56.4 Å². The van der Waals surface area contributed by atoms with Gasteiger partial charge in [0.2, 0.25) is 5.91 Å². The third-order valence-corrected chi connectivity index (χ3v) is 9.00. The Morgan fingerprint density at radius 2 is 1.75 bits per heavy atom. The number of rotatable bonds is 5. The summed E-state index contributed by atoms with van der Waals surface area (Å²) in [6.07, 6.45) is 10.6. The van der Waals surface area contributed by atoms with Crippen LogP contribution >= 0.6 is 0 Å². The smallest absolute Gasteiger partial charge is 0.313 e. The number of aliphatic hydroxyl groups is 1. The topological polar surface area (TPSA) is 96.4 Å². The number of carbonyl (C=O) groups is 3. The highest BCUT2D eigenvalue weighted by Gasteiger charge is 2.75. The van der Waals surface area contributed by atoms with E-state index in [1.165, 1.54) is 0 Å². The van der Waals surface area contributed by atoms with E-state index in [2.05, 4.69) is 0 Å². The minimum absolute atomic E-state index is 0.167. The summed E-state index contributed by atoms with van der Waals surface area (Å²) in [5, 5.41) is 10.5. The molecule has 0 radical (unpaired) electrons. The number of benzene rings is 1. The summed E-state index contributed by atoms with van der Waals surface area (Å²) < 4.78 is 12.6. The number of fused-ring (bicyclic) bond motifs is 2. The summed E-state index contributed by atoms with van der Waals surface area (Å²) in [7, 11) is 0. The molecule has 0 aromatic heterocycles. The number of carbonyl (C=O) groups excluding carboxylic acids is 3. The van der Waals surface area contributed by atoms with Crippen molar-refractivity contribution in [1.29, 1.82) is 0 Å². The lowest BCUT2D eigenvalue weighted by Gasteiger charge is -2.41. The maximum Gasteiger partial charge on any atom is 0.313 e. The third-order valence-electron chi connectivity index (χ3n) is 9.00. The number of anilines is 1. The van der Waals surface area contributed by atoms with Gasteiger partial charge in [-0.2, -0.15) is 0 Å². The van der Waals surface area contributed by atoms with Crippen LogP contribution in [0.25, 0.3) is 0 Å². The maximum absolute atomic E-state index is 14.8. The lowest BCUT2D eigenvalue weighted by atomic mass is 9.74. The number of ether oxygens (including phenoxy) is 2. The Hall–Kier alpha value is -2.97. The van der Waals surface area contributed by atoms with Crippen LogP contribution in [0, 0.1) is 31.6 Å². The number of esters is 1. The van der Waals surface area contributed by atoms with Crippen LogP contribution in [0.1, 0.15) is 57.6 Å². The molecule has 6 atom stereocenters. The number of amides is 2. The van der Waals surface area contributed by atoms with Crippen molar-refractivity contribution in [3.8, 4) is 0 Å². The fourth-order valence-electron chi connectivity index (χ4n) is 7.38. The second kappa shape index (κ2) is 10.8. The van der Waals surface area contributed by atoms with Crippen LogP contribution in [0.2, 0.25) is 0 Å². The van der Waals surface area contributed by atoms with Crippen LogP contribution in [0.5, 0.6) is 0 Å². The van der Waals surface area contributed by atoms with Crippen molar-refractivity contribution >= 4 is 23.5 Å². The Labute approximate surface area is 237 Å². The van der Waals surface area contributed by atoms with Gasteiger partial charge in [0.05, 0.1) is 30.8 Å². The Kier molecular flexibility index (Phi) is 7.70. The molecule has 0 bridgehead atoms. The Morgan fingerprint density at radius 1 is 1.02 bits per heavy atom. The van der Waals surface area contributed by atoms with E-state index in [0.29, 0.717) is 13.0 Å². The molecule has 216 valence electrons. The summed E-state index contributed by atoms with van der Waals surface area (Å²) >= 11 is 0. The number of aliphatic hydroxyl groups excluding tert-OH is 1. The summed E-state index contributed by atoms with van der Waals surface area (Å²) in [4.78, 5) is 46.3. The molecular weight excluding hydrogens is 508 g/mol. The van der Waals surface area contributed by atoms with E-state index in [0.717, 1.165) is 36.1 Å². The third kappa shape index (κ3) is 4.49. The molecule has 1 spiro atoms. The molecule has 4 heterocycles. The van der Waals surface area contributed by atoms with Crippen molar-refractivity contribution in [1.82, 2.24) is 4.90 Å². The first-order valence-corrected chi connectivity index (χ1v) is 14.6. The predicted octanol–water partition coefficient (Wildman–Crippen LogP) is 3.87. The fourth-order valence-corrected chi connectivity index (χ4v) is 7.38. The summed E-state index contributed by atoms with van der Waals surface area (Å²) in [5.41, 5.74) is 0.180. The minimum Gasteiger partial charge on any atom is -0.465 e. The van der Waals surface area contributed by atoms with Gasteiger partial charge in [0.1, 0.15) is 17.6 Å². The Balaban J connectivity index is 1.70. The van der Waals surface area contributed by atoms with Gasteiger partial charge >= 0.3 is 5.97 Å². The minimum atomic E-state index is -1.39. The van der Waals surface area contributed by atoms with E-state index >= 15 is 0 Å². The van der Waals surface area contributed by atoms with Crippen LogP contribution in [-0.4, -0.2) is 70.8 Å². The average molecular weight is 551 g/mol. The molecule has 0 aliphatic carbocycles. The van der Waals surface area contributed by atoms with Crippen molar-refractivity contribution in [2.24, 2.45) is 17.8 Å². The van der Waals surface area contributed by atoms with Gasteiger partial charge in [-0.3, -0.25) is 14.4 Å². The van der Waals surface area contributed by atoms with Gasteiger partial charge in [0.15, 0.2) is 0 Å². The first-order valence-electron chi connectivity index (χ1n) is 14.6. The molecule has 40 heavy (non-hydrogen) atoms. The molecule has 4 aliphatic heterocycles. The zero-order valence-electron chi connectivity index (χ0n) is 24.3. The molecule has 1 aromatic rings. The normalized spacial score (nSPS) is 33.8. The number of allylic oxidation sites excluding steroid dienone is 1. The highest BCUT2D eigenvalue weighted by molar-refractivity contribution is 6.06. The van der Waals surface area contributed by atoms with Crippen LogP contribution in [0.15, 0.2) is 42.5 Å². The van der Waals surface area contributed by atoms with Gasteiger partial charge in [-0.25, -0.2) is 0 Å². The number of nitrogens with zero attached hydrogens (tertiary/aromatic N) is 2. The van der Waals surface area contributed by atoms with Crippen molar-refractivity contribution in [3.05, 3.63) is 53.6 Å². The summed E-state index contributed by atoms with van der Waals surface area (Å²) in [5.74, 6) is -2.82. The van der Waals surface area contributed by atoms with E-state index in [-0.39, 0.29) is 30.9 Å². The zero-order chi connectivity index (χ0) is 28.8. The standard InChI is InChI=1S/C32H42N2O6/c1-20(2)18-23(19-35)34-27-29(37)33(26-21(3)12-10-13-22(26)4)16-11-15-32(27)24(28(34)36)25-30(38)39-17-9-7-6-8-14-31(25,5)40-32/h8,10-15,20,23-25,27,35H,6-7,9,16-19H2,1-5H3/b14-8-/t23-,24+,25-,27?,31+,32+/m1/s1. The lowest BCUT2D eigenvalue weighted by molar-refractivity contribution is -0.160. The van der Waals surface area contributed by atoms with E-state index in [9.17, 15) is 19.5 Å². The quantitative estimate of drug-likeness (QED) is 0.442. The monoisotopic (exact) mass is 550 g/mol. The van der Waals surface area contributed by atoms with Gasteiger partial charge < -0.3 is 24.4 Å². The molecule has 0 saturated carbocycles. The van der Waals surface area contributed by atoms with Crippen molar-refractivity contribution in [3.63, 3.8) is 0 Å². The molecule has 2 amide bonds. The molecular formula is C32H42N2O6. The van der Waals surface area contributed by atoms with Crippen LogP contribution in [0.4, 0.5) is 5.69 Å². The molecule has 1 N–H and O–H groups in total. The lowest BCUT2D eigenvalue weighted by Crippen LogP contribution is -2.59. The van der Waals surface area contributed by atoms with E-state index in [1.54, 1.807) is 9.80 Å². The number of hydrogen-bond acceptors (Lipinski definition) is 6. The number of likely N-dealkylation sites (tertiary alicyclic amines) is 1. The van der Waals surface area contributed by atoms with Gasteiger partial charge in [-0.05, 0) is 63.5 Å². The second-order valence-electron chi connectivity index (χ2n) is 12.4. The molecule has 1 unspecified atom stereocenters. The van der Waals surface area contributed by atoms with Crippen LogP contribution in [-0.2, 0) is 23.9 Å². The van der Waals surface area contributed by atoms with Crippen molar-refractivity contribution in [2.75, 3.05) is 24.7 Å². The molecule has 8 nitrogen and oxygen atoms in total. The highest BCUT2D eigenvalue weighted by atomic mass is 16.6. The fraction of sp³-hybridized carbons (Fsp3) is 0.594. The molecule has 8 heteroatoms. The molecule has 5 rings (SSSR count). The SMILES string of the molecule is Cc1cccc(C)c1N1CC=C[C@]23O[C@@]4(C)/C=C\CCCCOC(=O)[C@H]4[C@H]2C(=O)N([C@@H](CO)CC(C)C)C3C1=O. The van der Waals surface area contributed by atoms with Gasteiger partial charge in [0, 0.05) is 12.2 Å². The predicted molar refractivity (Wildman–Crippen MR) is 152 cm³/mol. The molecule has 2 fully saturated rings. The summed E-state index contributed by atoms with van der Waals surface area (Å²) in [6, 6.07) is 4.25. The Morgan fingerprint density at radius 3 is 2.42 bits per heavy atom. The second-order valence-corrected chi connectivity index (χ2v) is 12.4. The number of aryl methyl sites for hydroxylation is 2. The van der Waals surface area contributed by atoms with E-state index in [1.807, 2.05) is 77.1 Å². The Bertz CT molecular complexity index is 1220. The van der Waals surface area contributed by atoms with Crippen molar-refractivity contribution < 1.29 is 29.0 Å². The van der Waals surface area contributed by atoms with E-state index < -0.39 is 41.1 Å².